The van der Waals surface area contributed by atoms with E-state index in [1.165, 1.54) is 6.07 Å². The molecule has 18 heavy (non-hydrogen) atoms. The fourth-order valence-electron chi connectivity index (χ4n) is 2.02. The number of aromatic amines is 1. The van der Waals surface area contributed by atoms with Crippen LogP contribution in [-0.4, -0.2) is 9.97 Å². The van der Waals surface area contributed by atoms with E-state index < -0.39 is 0 Å². The maximum absolute atomic E-state index is 13.5. The van der Waals surface area contributed by atoms with Gasteiger partial charge in [0, 0.05) is 23.5 Å². The molecule has 0 saturated heterocycles. The Morgan fingerprint density at radius 3 is 3.00 bits per heavy atom. The highest BCUT2D eigenvalue weighted by Crippen LogP contribution is 2.25. The summed E-state index contributed by atoms with van der Waals surface area (Å²) in [6.07, 6.45) is 0.319. The molecule has 3 rings (SSSR count). The molecule has 92 valence electrons. The second-order valence-corrected chi connectivity index (χ2v) is 5.18. The Morgan fingerprint density at radius 1 is 1.33 bits per heavy atom. The van der Waals surface area contributed by atoms with Crippen LogP contribution in [0.5, 0.6) is 0 Å². The molecule has 0 radical (unpaired) electrons. The van der Waals surface area contributed by atoms with Crippen LogP contribution in [0.4, 0.5) is 4.39 Å². The summed E-state index contributed by atoms with van der Waals surface area (Å²) in [6, 6.07) is 6.54. The first-order chi connectivity index (χ1) is 8.74. The summed E-state index contributed by atoms with van der Waals surface area (Å²) in [5, 5.41) is 0. The first-order valence-corrected chi connectivity index (χ1v) is 6.81. The monoisotopic (exact) mass is 262 g/mol. The van der Waals surface area contributed by atoms with Gasteiger partial charge in [-0.15, -0.1) is 0 Å². The maximum Gasteiger partial charge on any atom is 0.255 e. The summed E-state index contributed by atoms with van der Waals surface area (Å²) in [4.78, 5) is 18.9. The molecule has 5 heteroatoms. The number of rotatable bonds is 2. The predicted octanol–water partition coefficient (Wildman–Crippen LogP) is 2.25. The highest BCUT2D eigenvalue weighted by atomic mass is 32.2. The third-order valence-corrected chi connectivity index (χ3v) is 3.92. The smallest absolute Gasteiger partial charge is 0.255 e. The van der Waals surface area contributed by atoms with Crippen molar-refractivity contribution in [2.24, 2.45) is 0 Å². The van der Waals surface area contributed by atoms with Crippen LogP contribution in [0.25, 0.3) is 0 Å². The number of H-pyrrole nitrogens is 1. The van der Waals surface area contributed by atoms with Gasteiger partial charge in [0.2, 0.25) is 0 Å². The Labute approximate surface area is 107 Å². The van der Waals surface area contributed by atoms with Crippen LogP contribution in [0.1, 0.15) is 22.6 Å². The van der Waals surface area contributed by atoms with Gasteiger partial charge in [-0.25, -0.2) is 9.37 Å². The first-order valence-electron chi connectivity index (χ1n) is 5.66. The molecule has 1 N–H and O–H groups in total. The van der Waals surface area contributed by atoms with E-state index in [0.29, 0.717) is 17.8 Å². The molecule has 0 bridgehead atoms. The Morgan fingerprint density at radius 2 is 2.17 bits per heavy atom. The van der Waals surface area contributed by atoms with Crippen molar-refractivity contribution in [2.75, 3.05) is 0 Å². The molecule has 3 nitrogen and oxygen atoms in total. The van der Waals surface area contributed by atoms with Crippen LogP contribution in [-0.2, 0) is 17.9 Å². The molecule has 0 amide bonds. The summed E-state index contributed by atoms with van der Waals surface area (Å²) in [6.45, 7) is 0. The molecular formula is C13H11FN2OS. The lowest BCUT2D eigenvalue weighted by atomic mass is 10.1. The van der Waals surface area contributed by atoms with E-state index in [2.05, 4.69) is 9.97 Å². The highest BCUT2D eigenvalue weighted by molar-refractivity contribution is 7.98. The minimum atomic E-state index is -0.268. The highest BCUT2D eigenvalue weighted by Gasteiger charge is 2.17. The molecule has 0 aliphatic carbocycles. The zero-order valence-electron chi connectivity index (χ0n) is 9.57. The van der Waals surface area contributed by atoms with Crippen molar-refractivity contribution in [3.63, 3.8) is 0 Å². The summed E-state index contributed by atoms with van der Waals surface area (Å²) < 4.78 is 13.5. The van der Waals surface area contributed by atoms with Crippen LogP contribution in [0.15, 0.2) is 29.1 Å². The number of thioether (sulfide) groups is 1. The third kappa shape index (κ3) is 2.06. The van der Waals surface area contributed by atoms with E-state index >= 15 is 0 Å². The number of aromatic nitrogens is 2. The number of nitrogens with zero attached hydrogens (tertiary/aromatic N) is 1. The molecule has 1 aliphatic rings. The van der Waals surface area contributed by atoms with Gasteiger partial charge in [0.05, 0.1) is 5.69 Å². The molecule has 1 aliphatic heterocycles. The van der Waals surface area contributed by atoms with Crippen LogP contribution < -0.4 is 5.56 Å². The zero-order valence-corrected chi connectivity index (χ0v) is 10.4. The molecule has 0 fully saturated rings. The SMILES string of the molecule is O=c1[nH]c(Cc2ccccc2F)nc2c1CSC2. The Hall–Kier alpha value is -1.62. The largest absolute Gasteiger partial charge is 0.310 e. The molecule has 0 saturated carbocycles. The molecule has 2 heterocycles. The number of hydrogen-bond donors (Lipinski definition) is 1. The predicted molar refractivity (Wildman–Crippen MR) is 69.1 cm³/mol. The van der Waals surface area contributed by atoms with Gasteiger partial charge in [0.15, 0.2) is 0 Å². The minimum absolute atomic E-state index is 0.0867. The topological polar surface area (TPSA) is 45.8 Å². The van der Waals surface area contributed by atoms with E-state index in [9.17, 15) is 9.18 Å². The molecule has 2 aromatic rings. The van der Waals surface area contributed by atoms with Crippen molar-refractivity contribution in [3.05, 3.63) is 63.1 Å². The number of hydrogen-bond acceptors (Lipinski definition) is 3. The summed E-state index contributed by atoms with van der Waals surface area (Å²) >= 11 is 1.68. The van der Waals surface area contributed by atoms with Gasteiger partial charge in [-0.2, -0.15) is 11.8 Å². The van der Waals surface area contributed by atoms with Crippen molar-refractivity contribution in [2.45, 2.75) is 17.9 Å². The van der Waals surface area contributed by atoms with Crippen molar-refractivity contribution in [1.29, 1.82) is 0 Å². The fraction of sp³-hybridized carbons (Fsp3) is 0.231. The quantitative estimate of drug-likeness (QED) is 0.903. The molecule has 0 spiro atoms. The van der Waals surface area contributed by atoms with Crippen molar-refractivity contribution >= 4 is 11.8 Å². The lowest BCUT2D eigenvalue weighted by Gasteiger charge is -2.04. The average molecular weight is 262 g/mol. The van der Waals surface area contributed by atoms with Crippen LogP contribution >= 0.6 is 11.8 Å². The average Bonchev–Trinajstić information content (AvgIpc) is 2.81. The van der Waals surface area contributed by atoms with Gasteiger partial charge < -0.3 is 4.98 Å². The molecule has 0 unspecified atom stereocenters. The zero-order chi connectivity index (χ0) is 12.5. The second kappa shape index (κ2) is 4.57. The van der Waals surface area contributed by atoms with Crippen LogP contribution in [0.2, 0.25) is 0 Å². The Balaban J connectivity index is 1.97. The molecular weight excluding hydrogens is 251 g/mol. The number of benzene rings is 1. The van der Waals surface area contributed by atoms with E-state index in [1.54, 1.807) is 30.0 Å². The normalized spacial score (nSPS) is 13.6. The molecule has 0 atom stereocenters. The van der Waals surface area contributed by atoms with E-state index in [0.717, 1.165) is 22.8 Å². The number of nitrogens with one attached hydrogen (secondary N) is 1. The van der Waals surface area contributed by atoms with Crippen molar-refractivity contribution in [3.8, 4) is 0 Å². The van der Waals surface area contributed by atoms with Crippen LogP contribution in [0, 0.1) is 5.82 Å². The Bertz CT molecular complexity index is 654. The molecule has 1 aromatic carbocycles. The van der Waals surface area contributed by atoms with E-state index in [-0.39, 0.29) is 11.4 Å². The summed E-state index contributed by atoms with van der Waals surface area (Å²) in [5.41, 5.74) is 2.06. The van der Waals surface area contributed by atoms with Crippen LogP contribution in [0.3, 0.4) is 0 Å². The van der Waals surface area contributed by atoms with Gasteiger partial charge >= 0.3 is 0 Å². The van der Waals surface area contributed by atoms with E-state index in [1.807, 2.05) is 0 Å². The van der Waals surface area contributed by atoms with Gasteiger partial charge in [-0.3, -0.25) is 4.79 Å². The summed E-state index contributed by atoms with van der Waals surface area (Å²) in [5.74, 6) is 1.75. The lowest BCUT2D eigenvalue weighted by Crippen LogP contribution is -2.17. The van der Waals surface area contributed by atoms with Gasteiger partial charge in [-0.05, 0) is 11.6 Å². The second-order valence-electron chi connectivity index (χ2n) is 4.20. The fourth-order valence-corrected chi connectivity index (χ4v) is 3.06. The first kappa shape index (κ1) is 11.5. The van der Waals surface area contributed by atoms with Crippen molar-refractivity contribution in [1.82, 2.24) is 9.97 Å². The number of halogens is 1. The van der Waals surface area contributed by atoms with Gasteiger partial charge in [0.25, 0.3) is 5.56 Å². The molecule has 1 aromatic heterocycles. The van der Waals surface area contributed by atoms with Crippen molar-refractivity contribution < 1.29 is 4.39 Å². The maximum atomic E-state index is 13.5. The minimum Gasteiger partial charge on any atom is -0.310 e. The Kier molecular flexibility index (Phi) is 2.91. The standard InChI is InChI=1S/C13H11FN2OS/c14-10-4-2-1-3-8(10)5-12-15-11-7-18-6-9(11)13(17)16-12/h1-4H,5-7H2,(H,15,16,17). The van der Waals surface area contributed by atoms with E-state index in [4.69, 9.17) is 0 Å². The van der Waals surface area contributed by atoms with Gasteiger partial charge in [-0.1, -0.05) is 18.2 Å². The lowest BCUT2D eigenvalue weighted by molar-refractivity contribution is 0.611. The third-order valence-electron chi connectivity index (χ3n) is 2.95. The number of fused-ring (bicyclic) bond motifs is 1. The summed E-state index contributed by atoms with van der Waals surface area (Å²) in [7, 11) is 0. The van der Waals surface area contributed by atoms with Gasteiger partial charge in [0.1, 0.15) is 11.6 Å².